The van der Waals surface area contributed by atoms with Gasteiger partial charge in [0.05, 0.1) is 0 Å². The van der Waals surface area contributed by atoms with Crippen LogP contribution in [0.1, 0.15) is 72.2 Å². The van der Waals surface area contributed by atoms with Crippen LogP contribution in [-0.4, -0.2) is 0 Å². The molecule has 0 unspecified atom stereocenters. The second-order valence-corrected chi connectivity index (χ2v) is 11.3. The first-order valence-corrected chi connectivity index (χ1v) is 11.9. The Morgan fingerprint density at radius 2 is 1.09 bits per heavy atom. The van der Waals surface area contributed by atoms with E-state index in [9.17, 15) is 0 Å². The number of benzene rings is 4. The summed E-state index contributed by atoms with van der Waals surface area (Å²) in [6.45, 7) is 18.7. The molecule has 6 rings (SSSR count). The predicted octanol–water partition coefficient (Wildman–Crippen LogP) is 8.69. The molecule has 0 aliphatic heterocycles. The first-order valence-electron chi connectivity index (χ1n) is 11.9. The summed E-state index contributed by atoms with van der Waals surface area (Å²) >= 11 is 0. The van der Waals surface area contributed by atoms with Crippen molar-refractivity contribution in [1.29, 1.82) is 0 Å². The van der Waals surface area contributed by atoms with Gasteiger partial charge in [0, 0.05) is 10.8 Å². The van der Waals surface area contributed by atoms with Crippen molar-refractivity contribution < 1.29 is 0 Å². The van der Waals surface area contributed by atoms with Crippen LogP contribution in [0, 0.1) is 27.7 Å². The summed E-state index contributed by atoms with van der Waals surface area (Å²) in [5.74, 6) is 0. The molecule has 0 amide bonds. The molecule has 0 saturated carbocycles. The molecule has 0 N–H and O–H groups in total. The summed E-state index contributed by atoms with van der Waals surface area (Å²) in [5.41, 5.74) is 17.2. The monoisotopic (exact) mass is 416 g/mol. The van der Waals surface area contributed by atoms with Crippen molar-refractivity contribution >= 4 is 10.8 Å². The fourth-order valence-electron chi connectivity index (χ4n) is 6.89. The first-order chi connectivity index (χ1) is 15.0. The van der Waals surface area contributed by atoms with Crippen LogP contribution >= 0.6 is 0 Å². The Morgan fingerprint density at radius 1 is 0.531 bits per heavy atom. The molecular formula is C32H32. The molecule has 0 nitrogen and oxygen atoms in total. The molecule has 0 heterocycles. The van der Waals surface area contributed by atoms with Gasteiger partial charge >= 0.3 is 0 Å². The number of hydrogen-bond acceptors (Lipinski definition) is 0. The maximum Gasteiger partial charge on any atom is 0.0159 e. The Morgan fingerprint density at radius 3 is 1.72 bits per heavy atom. The fraction of sp³-hybridized carbons (Fsp3) is 0.312. The van der Waals surface area contributed by atoms with E-state index < -0.39 is 0 Å². The van der Waals surface area contributed by atoms with E-state index in [-0.39, 0.29) is 10.8 Å². The van der Waals surface area contributed by atoms with Gasteiger partial charge in [-0.25, -0.2) is 0 Å². The van der Waals surface area contributed by atoms with Crippen LogP contribution in [0.4, 0.5) is 0 Å². The quantitative estimate of drug-likeness (QED) is 0.291. The Kier molecular flexibility index (Phi) is 3.67. The van der Waals surface area contributed by atoms with Gasteiger partial charge in [-0.15, -0.1) is 0 Å². The van der Waals surface area contributed by atoms with Crippen molar-refractivity contribution in [2.45, 2.75) is 66.2 Å². The molecule has 0 atom stereocenters. The van der Waals surface area contributed by atoms with Crippen LogP contribution in [-0.2, 0) is 10.8 Å². The highest BCUT2D eigenvalue weighted by atomic mass is 14.5. The summed E-state index contributed by atoms with van der Waals surface area (Å²) in [4.78, 5) is 0. The van der Waals surface area contributed by atoms with Crippen LogP contribution in [0.3, 0.4) is 0 Å². The average molecular weight is 417 g/mol. The molecule has 0 fully saturated rings. The van der Waals surface area contributed by atoms with Gasteiger partial charge in [-0.05, 0) is 112 Å². The summed E-state index contributed by atoms with van der Waals surface area (Å²) in [7, 11) is 0. The van der Waals surface area contributed by atoms with Crippen molar-refractivity contribution in [1.82, 2.24) is 0 Å². The van der Waals surface area contributed by atoms with E-state index in [0.717, 1.165) is 0 Å². The molecule has 4 aromatic carbocycles. The van der Waals surface area contributed by atoms with E-state index in [1.165, 1.54) is 77.5 Å². The van der Waals surface area contributed by atoms with Gasteiger partial charge in [0.2, 0.25) is 0 Å². The number of hydrogen-bond donors (Lipinski definition) is 0. The highest BCUT2D eigenvalue weighted by Gasteiger charge is 2.45. The normalized spacial score (nSPS) is 16.6. The van der Waals surface area contributed by atoms with Crippen molar-refractivity contribution in [2.24, 2.45) is 0 Å². The summed E-state index contributed by atoms with van der Waals surface area (Å²) in [6.07, 6.45) is 0. The highest BCUT2D eigenvalue weighted by molar-refractivity contribution is 6.09. The summed E-state index contributed by atoms with van der Waals surface area (Å²) in [5, 5.41) is 2.90. The lowest BCUT2D eigenvalue weighted by atomic mass is 9.67. The van der Waals surface area contributed by atoms with E-state index in [0.29, 0.717) is 0 Å². The third kappa shape index (κ3) is 2.23. The largest absolute Gasteiger partial charge is 0.0613 e. The predicted molar refractivity (Wildman–Crippen MR) is 138 cm³/mol. The number of aryl methyl sites for hydroxylation is 4. The topological polar surface area (TPSA) is 0 Å². The van der Waals surface area contributed by atoms with Crippen LogP contribution in [0.15, 0.2) is 48.5 Å². The first kappa shape index (κ1) is 19.8. The van der Waals surface area contributed by atoms with E-state index in [2.05, 4.69) is 104 Å². The van der Waals surface area contributed by atoms with E-state index >= 15 is 0 Å². The smallest absolute Gasteiger partial charge is 0.0159 e. The molecule has 2 aliphatic rings. The van der Waals surface area contributed by atoms with Crippen molar-refractivity contribution in [3.63, 3.8) is 0 Å². The lowest BCUT2D eigenvalue weighted by Gasteiger charge is -2.36. The van der Waals surface area contributed by atoms with Crippen LogP contribution in [0.25, 0.3) is 33.0 Å². The second-order valence-electron chi connectivity index (χ2n) is 11.3. The lowest BCUT2D eigenvalue weighted by Crippen LogP contribution is -2.24. The average Bonchev–Trinajstić information content (AvgIpc) is 2.93. The van der Waals surface area contributed by atoms with Gasteiger partial charge in [0.25, 0.3) is 0 Å². The second kappa shape index (κ2) is 5.93. The van der Waals surface area contributed by atoms with Crippen molar-refractivity contribution in [2.75, 3.05) is 0 Å². The molecule has 0 spiro atoms. The third-order valence-corrected chi connectivity index (χ3v) is 8.42. The molecule has 4 aromatic rings. The van der Waals surface area contributed by atoms with Gasteiger partial charge < -0.3 is 0 Å². The van der Waals surface area contributed by atoms with Gasteiger partial charge in [-0.1, -0.05) is 69.7 Å². The van der Waals surface area contributed by atoms with Gasteiger partial charge in [0.15, 0.2) is 0 Å². The fourth-order valence-corrected chi connectivity index (χ4v) is 6.89. The zero-order valence-corrected chi connectivity index (χ0v) is 20.6. The van der Waals surface area contributed by atoms with Crippen molar-refractivity contribution in [3.05, 3.63) is 93.0 Å². The summed E-state index contributed by atoms with van der Waals surface area (Å²) < 4.78 is 0. The zero-order valence-electron chi connectivity index (χ0n) is 20.6. The maximum atomic E-state index is 2.51. The lowest BCUT2D eigenvalue weighted by molar-refractivity contribution is 0.639. The molecule has 32 heavy (non-hydrogen) atoms. The summed E-state index contributed by atoms with van der Waals surface area (Å²) in [6, 6.07) is 19.1. The van der Waals surface area contributed by atoms with E-state index in [1.54, 1.807) is 0 Å². The standard InChI is InChI=1S/C32H32/c1-17-12-19(3)27(20(4)13-17)21-15-25-29-26(16-21)32(7,8)24-14-18(2)22-10-9-11-23(31(25,5)6)28(22)30(24)29/h9-16H,1-8H3. The number of rotatable bonds is 1. The maximum absolute atomic E-state index is 2.51. The molecule has 0 radical (unpaired) electrons. The molecule has 2 aliphatic carbocycles. The molecule has 0 saturated heterocycles. The molecule has 160 valence electrons. The van der Waals surface area contributed by atoms with Crippen LogP contribution < -0.4 is 0 Å². The molecule has 0 heteroatoms. The van der Waals surface area contributed by atoms with Gasteiger partial charge in [-0.3, -0.25) is 0 Å². The Hall–Kier alpha value is -2.86. The Bertz CT molecular complexity index is 1470. The minimum atomic E-state index is -0.0371. The highest BCUT2D eigenvalue weighted by Crippen LogP contribution is 2.60. The van der Waals surface area contributed by atoms with Crippen LogP contribution in [0.2, 0.25) is 0 Å². The SMILES string of the molecule is Cc1cc(C)c(-c2cc3c4c(c2)C(C)(C)c2cccc5c(C)cc(c-4c25)C3(C)C)c(C)c1. The third-order valence-electron chi connectivity index (χ3n) is 8.42. The zero-order chi connectivity index (χ0) is 22.7. The van der Waals surface area contributed by atoms with E-state index in [4.69, 9.17) is 0 Å². The van der Waals surface area contributed by atoms with Gasteiger partial charge in [-0.2, -0.15) is 0 Å². The minimum Gasteiger partial charge on any atom is -0.0613 e. The Labute approximate surface area is 192 Å². The van der Waals surface area contributed by atoms with E-state index in [1.807, 2.05) is 0 Å². The van der Waals surface area contributed by atoms with Gasteiger partial charge in [0.1, 0.15) is 0 Å². The molecule has 0 bridgehead atoms. The molecular weight excluding hydrogens is 384 g/mol. The Balaban J connectivity index is 1.81. The van der Waals surface area contributed by atoms with Crippen molar-refractivity contribution in [3.8, 4) is 22.3 Å². The molecule has 0 aromatic heterocycles. The minimum absolute atomic E-state index is 0.00554. The van der Waals surface area contributed by atoms with Crippen LogP contribution in [0.5, 0.6) is 0 Å².